The predicted octanol–water partition coefficient (Wildman–Crippen LogP) is -4.21. The van der Waals surface area contributed by atoms with E-state index in [1.165, 1.54) is 86.7 Å². The number of hydrogen-bond donors (Lipinski definition) is 21. The van der Waals surface area contributed by atoms with Gasteiger partial charge in [-0.05, 0) is 110 Å². The number of aromatic hydroxyl groups is 8. The molecule has 35 heteroatoms. The first-order chi connectivity index (χ1) is 47.0. The van der Waals surface area contributed by atoms with E-state index in [9.17, 15) is 117 Å². The van der Waals surface area contributed by atoms with E-state index in [1.807, 2.05) is 0 Å². The Kier molecular flexibility index (Phi) is 27.3. The number of aliphatic hydroxyl groups is 13. The molecule has 5 aliphatic rings. The molecule has 0 bridgehead atoms. The van der Waals surface area contributed by atoms with Crippen molar-refractivity contribution in [1.29, 1.82) is 0 Å². The fourth-order valence-corrected chi connectivity index (χ4v) is 11.0. The molecule has 35 nitrogen and oxygen atoms in total. The molecule has 9 rings (SSSR count). The second-order valence-electron chi connectivity index (χ2n) is 23.7. The monoisotopic (exact) mass is 1410 g/mol. The molecule has 0 aliphatic carbocycles. The summed E-state index contributed by atoms with van der Waals surface area (Å²) >= 11 is 0. The predicted molar refractivity (Wildman–Crippen MR) is 327 cm³/mol. The van der Waals surface area contributed by atoms with Crippen molar-refractivity contribution in [2.24, 2.45) is 0 Å². The van der Waals surface area contributed by atoms with E-state index in [-0.39, 0.29) is 60.4 Å². The molecule has 5 saturated heterocycles. The van der Waals surface area contributed by atoms with Gasteiger partial charge in [0.25, 0.3) is 0 Å². The van der Waals surface area contributed by atoms with Crippen LogP contribution in [0, 0.1) is 0 Å². The molecule has 4 aromatic rings. The zero-order chi connectivity index (χ0) is 72.3. The summed E-state index contributed by atoms with van der Waals surface area (Å²) < 4.78 is 68.4. The molecule has 21 N–H and O–H groups in total. The van der Waals surface area contributed by atoms with E-state index in [0.29, 0.717) is 16.7 Å². The van der Waals surface area contributed by atoms with Crippen molar-refractivity contribution in [2.75, 3.05) is 33.0 Å². The van der Waals surface area contributed by atoms with Crippen molar-refractivity contribution in [3.05, 3.63) is 107 Å². The summed E-state index contributed by atoms with van der Waals surface area (Å²) in [6.07, 6.45) is -35.7. The van der Waals surface area contributed by atoms with Crippen molar-refractivity contribution in [2.45, 2.75) is 180 Å². The molecular formula is C64H82O35. The van der Waals surface area contributed by atoms with Gasteiger partial charge in [-0.1, -0.05) is 24.3 Å². The highest BCUT2D eigenvalue weighted by molar-refractivity contribution is 5.88. The maximum Gasteiger partial charge on any atom is 0.331 e. The third kappa shape index (κ3) is 19.3. The first-order valence-electron chi connectivity index (χ1n) is 31.0. The zero-order valence-electron chi connectivity index (χ0n) is 52.7. The summed E-state index contributed by atoms with van der Waals surface area (Å²) in [6, 6.07) is 15.8. The number of esters is 2. The van der Waals surface area contributed by atoms with Crippen LogP contribution in [0.15, 0.2) is 84.9 Å². The first kappa shape index (κ1) is 77.5. The fraction of sp³-hybridized carbons (Fsp3) is 0.531. The number of rotatable bonds is 23. The van der Waals surface area contributed by atoms with Crippen molar-refractivity contribution in [3.63, 3.8) is 0 Å². The summed E-state index contributed by atoms with van der Waals surface area (Å²) in [5, 5.41) is 214. The Morgan fingerprint density at radius 3 is 1.13 bits per heavy atom. The molecule has 25 atom stereocenters. The van der Waals surface area contributed by atoms with Gasteiger partial charge in [-0.15, -0.1) is 0 Å². The molecule has 4 aromatic carbocycles. The Hall–Kier alpha value is -7.22. The van der Waals surface area contributed by atoms with Gasteiger partial charge in [-0.2, -0.15) is 0 Å². The van der Waals surface area contributed by atoms with Crippen molar-refractivity contribution < 1.29 is 174 Å². The van der Waals surface area contributed by atoms with Gasteiger partial charge in [0.15, 0.2) is 89.7 Å². The smallest absolute Gasteiger partial charge is 0.331 e. The minimum atomic E-state index is -1.95. The van der Waals surface area contributed by atoms with Crippen LogP contribution in [0.2, 0.25) is 0 Å². The summed E-state index contributed by atoms with van der Waals surface area (Å²) in [5.41, 5.74) is 1.72. The molecule has 0 unspecified atom stereocenters. The summed E-state index contributed by atoms with van der Waals surface area (Å²) in [6.45, 7) is 0.167. The minimum Gasteiger partial charge on any atom is -0.504 e. The Labute approximate surface area is 562 Å². The number of phenolic OH excluding ortho intramolecular Hbond substituents is 8. The normalized spacial score (nSPS) is 34.9. The third-order valence-corrected chi connectivity index (χ3v) is 16.7. The van der Waals surface area contributed by atoms with E-state index in [2.05, 4.69) is 0 Å². The molecule has 5 aliphatic heterocycles. The SMILES string of the molecule is C[C@@H]1O[C@@H](O[C@@H]2[C@@H](O)[C@H](OCCc3ccc(O)c(O)c3)O[C@H](CO)[C@H]2OC(=O)/C=C/c2ccc(O)c(O)c2)[C@H](O)[C@H](O)[C@H]1O.C[C@@H]1O[C@@H](O[C@@H]2[C@@H](O)[C@H](OCCc3ccc(O)c(O)c3)O[C@H](CO)[C@H]2OC(=O)/C=C/c2ccc(O)c(O)c2)[C@H](O[C@@H]2O[C@H](CO)[C@H](O)[C@H](O)[C@H]2O)[C@H](O)[C@H]1O. The van der Waals surface area contributed by atoms with Gasteiger partial charge in [0.1, 0.15) is 97.7 Å². The van der Waals surface area contributed by atoms with Gasteiger partial charge in [0.2, 0.25) is 0 Å². The van der Waals surface area contributed by atoms with Crippen LogP contribution in [0.5, 0.6) is 46.0 Å². The highest BCUT2D eigenvalue weighted by Crippen LogP contribution is 2.37. The highest BCUT2D eigenvalue weighted by atomic mass is 16.8. The maximum atomic E-state index is 13.1. The molecular weight excluding hydrogens is 1330 g/mol. The Bertz CT molecular complexity index is 3340. The molecule has 0 radical (unpaired) electrons. The Morgan fingerprint density at radius 1 is 0.364 bits per heavy atom. The average molecular weight is 1410 g/mol. The van der Waals surface area contributed by atoms with Gasteiger partial charge >= 0.3 is 11.9 Å². The van der Waals surface area contributed by atoms with E-state index >= 15 is 0 Å². The molecule has 548 valence electrons. The minimum absolute atomic E-state index is 0.0754. The first-order valence-corrected chi connectivity index (χ1v) is 31.0. The lowest BCUT2D eigenvalue weighted by Crippen LogP contribution is -2.66. The van der Waals surface area contributed by atoms with Crippen molar-refractivity contribution in [3.8, 4) is 46.0 Å². The van der Waals surface area contributed by atoms with Crippen LogP contribution in [0.3, 0.4) is 0 Å². The fourth-order valence-electron chi connectivity index (χ4n) is 11.0. The van der Waals surface area contributed by atoms with Crippen LogP contribution in [0.1, 0.15) is 36.1 Å². The second-order valence-corrected chi connectivity index (χ2v) is 23.7. The third-order valence-electron chi connectivity index (χ3n) is 16.7. The van der Waals surface area contributed by atoms with Crippen LogP contribution in [-0.2, 0) is 79.3 Å². The number of phenols is 8. The lowest BCUT2D eigenvalue weighted by atomic mass is 9.96. The van der Waals surface area contributed by atoms with Gasteiger partial charge in [0, 0.05) is 12.2 Å². The molecule has 0 spiro atoms. The Morgan fingerprint density at radius 2 is 0.717 bits per heavy atom. The van der Waals surface area contributed by atoms with E-state index in [4.69, 9.17) is 56.8 Å². The van der Waals surface area contributed by atoms with E-state index < -0.39 is 203 Å². The number of carbonyl (C=O) groups is 2. The topological polar surface area (TPSA) is 570 Å². The van der Waals surface area contributed by atoms with E-state index in [1.54, 1.807) is 6.07 Å². The Balaban J connectivity index is 0.000000259. The molecule has 0 amide bonds. The van der Waals surface area contributed by atoms with Gasteiger partial charge in [0.05, 0.1) is 45.2 Å². The van der Waals surface area contributed by atoms with Crippen LogP contribution in [0.25, 0.3) is 12.2 Å². The number of ether oxygens (including phenoxy) is 12. The molecule has 5 heterocycles. The van der Waals surface area contributed by atoms with Gasteiger partial charge in [-0.3, -0.25) is 0 Å². The largest absolute Gasteiger partial charge is 0.504 e. The molecule has 5 fully saturated rings. The highest BCUT2D eigenvalue weighted by Gasteiger charge is 2.56. The lowest BCUT2D eigenvalue weighted by Gasteiger charge is -2.48. The van der Waals surface area contributed by atoms with Crippen LogP contribution < -0.4 is 0 Å². The number of hydrogen-bond acceptors (Lipinski definition) is 35. The van der Waals surface area contributed by atoms with Crippen LogP contribution >= 0.6 is 0 Å². The summed E-state index contributed by atoms with van der Waals surface area (Å²) in [4.78, 5) is 25.9. The molecule has 0 aromatic heterocycles. The lowest BCUT2D eigenvalue weighted by molar-refractivity contribution is -0.386. The molecule has 0 saturated carbocycles. The summed E-state index contributed by atoms with van der Waals surface area (Å²) in [7, 11) is 0. The van der Waals surface area contributed by atoms with Crippen LogP contribution in [0.4, 0.5) is 0 Å². The number of benzene rings is 4. The van der Waals surface area contributed by atoms with Gasteiger partial charge in [-0.25, -0.2) is 9.59 Å². The standard InChI is InChI=1S/C35H46O20.C29H36O15/c1-14-24(43)27(46)32(55-34-28(47)26(45)25(44)21(12-36)51-34)35(50-14)54-31-29(48)33(49-9-8-16-3-6-18(39)20(41)11-16)52-22(13-37)30(31)53-23(42)7-4-15-2-5-17(38)19(40)10-15;1-13-22(36)23(37)24(38)29(41-13)44-27-25(39)28(40-9-8-15-3-6-17(32)19(34)11-15)42-20(12-30)26(27)43-21(35)7-4-14-2-5-16(31)18(33)10-14/h2-7,10-11,14,21-22,24-41,43-48H,8-9,12-13H2,1H3;2-7,10-11,13,20,22-34,36-39H,8-9,12H2,1H3/b2*7-4+/t14-,21+,22+,24-,25-,26-,27+,28+,29+,30+,31+,32+,33+,34-,35-;13-,20+,22-,23+,24+,25+,26+,27+,28+,29-/m00/s1. The van der Waals surface area contributed by atoms with E-state index in [0.717, 1.165) is 18.2 Å². The van der Waals surface area contributed by atoms with Gasteiger partial charge < -0.3 is 164 Å². The quantitative estimate of drug-likeness (QED) is 0.0190. The average Bonchev–Trinajstić information content (AvgIpc) is 0.785. The van der Waals surface area contributed by atoms with Crippen LogP contribution in [-0.4, -0.2) is 306 Å². The second kappa shape index (κ2) is 34.9. The van der Waals surface area contributed by atoms with Crippen molar-refractivity contribution >= 4 is 24.1 Å². The molecule has 99 heavy (non-hydrogen) atoms. The number of carbonyl (C=O) groups excluding carboxylic acids is 2. The summed E-state index contributed by atoms with van der Waals surface area (Å²) in [5.74, 6) is -5.04. The number of aliphatic hydroxyl groups excluding tert-OH is 13. The maximum absolute atomic E-state index is 13.1. The van der Waals surface area contributed by atoms with Crippen molar-refractivity contribution in [1.82, 2.24) is 0 Å². The zero-order valence-corrected chi connectivity index (χ0v) is 52.7.